The maximum absolute atomic E-state index is 13.6. The van der Waals surface area contributed by atoms with E-state index in [1.807, 2.05) is 36.4 Å². The van der Waals surface area contributed by atoms with Gasteiger partial charge in [0.2, 0.25) is 0 Å². The second kappa shape index (κ2) is 8.28. The number of carbonyl (C=O) groups excluding carboxylic acids is 1. The number of anilines is 1. The van der Waals surface area contributed by atoms with Gasteiger partial charge >= 0.3 is 0 Å². The van der Waals surface area contributed by atoms with Gasteiger partial charge < -0.3 is 0 Å². The van der Waals surface area contributed by atoms with Crippen molar-refractivity contribution in [2.45, 2.75) is 32.2 Å². The molecule has 30 heavy (non-hydrogen) atoms. The molecule has 0 saturated carbocycles. The molecule has 1 aliphatic rings. The van der Waals surface area contributed by atoms with Gasteiger partial charge in [-0.25, -0.2) is 4.98 Å². The fourth-order valence-electron chi connectivity index (χ4n) is 3.92. The number of halogens is 1. The first-order valence-electron chi connectivity index (χ1n) is 10.1. The van der Waals surface area contributed by atoms with Crippen molar-refractivity contribution in [3.63, 3.8) is 0 Å². The molecule has 0 saturated heterocycles. The zero-order valence-corrected chi connectivity index (χ0v) is 18.7. The molecule has 6 heteroatoms. The molecule has 2 heterocycles. The lowest BCUT2D eigenvalue weighted by Gasteiger charge is -2.22. The Morgan fingerprint density at radius 1 is 1.07 bits per heavy atom. The molecule has 2 aromatic heterocycles. The number of benzene rings is 2. The third-order valence-electron chi connectivity index (χ3n) is 5.47. The molecule has 1 amide bonds. The Morgan fingerprint density at radius 2 is 1.93 bits per heavy atom. The van der Waals surface area contributed by atoms with Crippen molar-refractivity contribution in [1.82, 2.24) is 9.97 Å². The number of amides is 1. The minimum Gasteiger partial charge on any atom is -0.279 e. The lowest BCUT2D eigenvalue weighted by Crippen LogP contribution is -2.30. The van der Waals surface area contributed by atoms with E-state index in [9.17, 15) is 4.79 Å². The highest BCUT2D eigenvalue weighted by molar-refractivity contribution is 9.10. The molecule has 2 aromatic carbocycles. The highest BCUT2D eigenvalue weighted by atomic mass is 79.9. The quantitative estimate of drug-likeness (QED) is 0.352. The zero-order valence-electron chi connectivity index (χ0n) is 16.3. The van der Waals surface area contributed by atoms with Crippen molar-refractivity contribution in [2.24, 2.45) is 0 Å². The van der Waals surface area contributed by atoms with Crippen molar-refractivity contribution in [3.8, 4) is 0 Å². The van der Waals surface area contributed by atoms with Gasteiger partial charge in [0.15, 0.2) is 5.13 Å². The summed E-state index contributed by atoms with van der Waals surface area (Å²) in [6, 6.07) is 16.1. The van der Waals surface area contributed by atoms with Gasteiger partial charge in [0.05, 0.1) is 16.8 Å². The Labute approximate surface area is 187 Å². The minimum absolute atomic E-state index is 0.0228. The molecule has 0 fully saturated rings. The molecule has 0 bridgehead atoms. The molecule has 0 atom stereocenters. The van der Waals surface area contributed by atoms with Crippen LogP contribution in [0.4, 0.5) is 5.13 Å². The SMILES string of the molecule is O=C(c1ccc2c(c1)CCCC2)N(Cc1cccnc1)c1nc2ccc(Br)cc2s1. The van der Waals surface area contributed by atoms with Crippen LogP contribution in [0.1, 0.15) is 39.9 Å². The predicted octanol–water partition coefficient (Wildman–Crippen LogP) is 6.18. The number of hydrogen-bond donors (Lipinski definition) is 0. The van der Waals surface area contributed by atoms with Crippen molar-refractivity contribution in [3.05, 3.63) is 87.7 Å². The summed E-state index contributed by atoms with van der Waals surface area (Å²) in [6.07, 6.45) is 8.13. The topological polar surface area (TPSA) is 46.1 Å². The number of rotatable bonds is 4. The normalized spacial score (nSPS) is 13.2. The van der Waals surface area contributed by atoms with Crippen LogP contribution in [0.2, 0.25) is 0 Å². The molecule has 0 aliphatic heterocycles. The number of nitrogens with zero attached hydrogens (tertiary/aromatic N) is 3. The van der Waals surface area contributed by atoms with E-state index < -0.39 is 0 Å². The first-order chi connectivity index (χ1) is 14.7. The van der Waals surface area contributed by atoms with Gasteiger partial charge in [-0.1, -0.05) is 39.4 Å². The van der Waals surface area contributed by atoms with Crippen LogP contribution in [0.3, 0.4) is 0 Å². The van der Waals surface area contributed by atoms with Gasteiger partial charge in [-0.3, -0.25) is 14.7 Å². The number of aryl methyl sites for hydroxylation is 2. The first kappa shape index (κ1) is 19.4. The maximum atomic E-state index is 13.6. The standard InChI is InChI=1S/C24H20BrN3OS/c25-20-9-10-21-22(13-20)30-24(27-21)28(15-16-4-3-11-26-14-16)23(29)19-8-7-17-5-1-2-6-18(17)12-19/h3-4,7-14H,1-2,5-6,15H2. The smallest absolute Gasteiger partial charge is 0.260 e. The molecule has 150 valence electrons. The van der Waals surface area contributed by atoms with Crippen LogP contribution in [-0.2, 0) is 19.4 Å². The summed E-state index contributed by atoms with van der Waals surface area (Å²) in [5.41, 5.74) is 5.28. The van der Waals surface area contributed by atoms with E-state index in [1.165, 1.54) is 35.3 Å². The van der Waals surface area contributed by atoms with Crippen LogP contribution in [-0.4, -0.2) is 15.9 Å². The van der Waals surface area contributed by atoms with Crippen molar-refractivity contribution in [2.75, 3.05) is 4.90 Å². The third kappa shape index (κ3) is 3.89. The molecule has 1 aliphatic carbocycles. The average molecular weight is 478 g/mol. The van der Waals surface area contributed by atoms with Crippen LogP contribution in [0.25, 0.3) is 10.2 Å². The molecule has 5 rings (SSSR count). The highest BCUT2D eigenvalue weighted by Crippen LogP contribution is 2.33. The number of carbonyl (C=O) groups is 1. The number of thiazole rings is 1. The van der Waals surface area contributed by atoms with E-state index in [-0.39, 0.29) is 5.91 Å². The Bertz CT molecular complexity index is 1220. The van der Waals surface area contributed by atoms with Gasteiger partial charge in [0.25, 0.3) is 5.91 Å². The summed E-state index contributed by atoms with van der Waals surface area (Å²) in [4.78, 5) is 24.4. The van der Waals surface area contributed by atoms with Crippen LogP contribution in [0.5, 0.6) is 0 Å². The van der Waals surface area contributed by atoms with Gasteiger partial charge in [0.1, 0.15) is 0 Å². The minimum atomic E-state index is -0.0228. The Morgan fingerprint density at radius 3 is 2.77 bits per heavy atom. The van der Waals surface area contributed by atoms with E-state index in [4.69, 9.17) is 4.98 Å². The molecule has 0 unspecified atom stereocenters. The second-order valence-electron chi connectivity index (χ2n) is 7.55. The van der Waals surface area contributed by atoms with Crippen LogP contribution >= 0.6 is 27.3 Å². The lowest BCUT2D eigenvalue weighted by atomic mass is 9.90. The van der Waals surface area contributed by atoms with E-state index in [0.29, 0.717) is 11.7 Å². The summed E-state index contributed by atoms with van der Waals surface area (Å²) in [7, 11) is 0. The average Bonchev–Trinajstić information content (AvgIpc) is 3.20. The van der Waals surface area contributed by atoms with E-state index >= 15 is 0 Å². The van der Waals surface area contributed by atoms with E-state index in [0.717, 1.165) is 38.7 Å². The monoisotopic (exact) mass is 477 g/mol. The summed E-state index contributed by atoms with van der Waals surface area (Å²) < 4.78 is 2.05. The van der Waals surface area contributed by atoms with E-state index in [1.54, 1.807) is 17.3 Å². The number of aromatic nitrogens is 2. The molecule has 0 N–H and O–H groups in total. The highest BCUT2D eigenvalue weighted by Gasteiger charge is 2.23. The van der Waals surface area contributed by atoms with Crippen LogP contribution in [0.15, 0.2) is 65.4 Å². The van der Waals surface area contributed by atoms with Gasteiger partial charge in [-0.2, -0.15) is 0 Å². The van der Waals surface area contributed by atoms with Gasteiger partial charge in [0, 0.05) is 22.4 Å². The fraction of sp³-hybridized carbons (Fsp3) is 0.208. The van der Waals surface area contributed by atoms with Crippen molar-refractivity contribution >= 4 is 48.5 Å². The predicted molar refractivity (Wildman–Crippen MR) is 125 cm³/mol. The van der Waals surface area contributed by atoms with Gasteiger partial charge in [-0.15, -0.1) is 0 Å². The fourth-order valence-corrected chi connectivity index (χ4v) is 5.44. The summed E-state index contributed by atoms with van der Waals surface area (Å²) in [6.45, 7) is 0.435. The second-order valence-corrected chi connectivity index (χ2v) is 9.48. The number of hydrogen-bond acceptors (Lipinski definition) is 4. The number of pyridine rings is 1. The van der Waals surface area contributed by atoms with Gasteiger partial charge in [-0.05, 0) is 78.8 Å². The van der Waals surface area contributed by atoms with Crippen molar-refractivity contribution in [1.29, 1.82) is 0 Å². The number of fused-ring (bicyclic) bond motifs is 2. The summed E-state index contributed by atoms with van der Waals surface area (Å²) in [5, 5.41) is 0.703. The molecular formula is C24H20BrN3OS. The first-order valence-corrected chi connectivity index (χ1v) is 11.7. The summed E-state index contributed by atoms with van der Waals surface area (Å²) in [5.74, 6) is -0.0228. The largest absolute Gasteiger partial charge is 0.279 e. The molecule has 4 nitrogen and oxygen atoms in total. The zero-order chi connectivity index (χ0) is 20.5. The molecular weight excluding hydrogens is 458 g/mol. The van der Waals surface area contributed by atoms with Crippen molar-refractivity contribution < 1.29 is 4.79 Å². The van der Waals surface area contributed by atoms with E-state index in [2.05, 4.69) is 33.0 Å². The summed E-state index contributed by atoms with van der Waals surface area (Å²) >= 11 is 5.06. The lowest BCUT2D eigenvalue weighted by molar-refractivity contribution is 0.0985. The Kier molecular flexibility index (Phi) is 5.35. The third-order valence-corrected chi connectivity index (χ3v) is 7.01. The molecule has 0 spiro atoms. The maximum Gasteiger partial charge on any atom is 0.260 e. The molecule has 4 aromatic rings. The van der Waals surface area contributed by atoms with Crippen LogP contribution in [0, 0.1) is 0 Å². The van der Waals surface area contributed by atoms with Crippen LogP contribution < -0.4 is 4.90 Å². The Hall–Kier alpha value is -2.57. The molecule has 0 radical (unpaired) electrons. The Balaban J connectivity index is 1.55.